The maximum atomic E-state index is 12.0. The van der Waals surface area contributed by atoms with E-state index in [9.17, 15) is 4.79 Å². The van der Waals surface area contributed by atoms with Gasteiger partial charge in [0, 0.05) is 12.7 Å². The van der Waals surface area contributed by atoms with Crippen molar-refractivity contribution in [3.63, 3.8) is 0 Å². The lowest BCUT2D eigenvalue weighted by atomic mass is 10.1. The van der Waals surface area contributed by atoms with Crippen LogP contribution in [0.25, 0.3) is 0 Å². The van der Waals surface area contributed by atoms with Gasteiger partial charge in [0.05, 0.1) is 5.56 Å². The number of carbonyl (C=O) groups excluding carboxylic acids is 1. The number of ether oxygens (including phenoxy) is 1. The Bertz CT molecular complexity index is 378. The first-order valence-electron chi connectivity index (χ1n) is 6.78. The first-order chi connectivity index (χ1) is 8.79. The predicted molar refractivity (Wildman–Crippen MR) is 72.9 cm³/mol. The molecule has 1 saturated carbocycles. The van der Waals surface area contributed by atoms with E-state index < -0.39 is 0 Å². The summed E-state index contributed by atoms with van der Waals surface area (Å²) >= 11 is 0. The molecule has 0 saturated heterocycles. The lowest BCUT2D eigenvalue weighted by Gasteiger charge is -2.15. The zero-order valence-corrected chi connectivity index (χ0v) is 10.9. The molecule has 0 heterocycles. The average molecular weight is 247 g/mol. The van der Waals surface area contributed by atoms with Crippen molar-refractivity contribution < 1.29 is 9.53 Å². The van der Waals surface area contributed by atoms with Gasteiger partial charge >= 0.3 is 5.97 Å². The summed E-state index contributed by atoms with van der Waals surface area (Å²) in [4.78, 5) is 12.0. The third-order valence-electron chi connectivity index (χ3n) is 3.49. The predicted octanol–water partition coefficient (Wildman–Crippen LogP) is 3.61. The van der Waals surface area contributed by atoms with Crippen molar-refractivity contribution in [3.8, 4) is 0 Å². The minimum Gasteiger partial charge on any atom is -0.459 e. The first kappa shape index (κ1) is 12.9. The number of carbonyl (C=O) groups is 1. The summed E-state index contributed by atoms with van der Waals surface area (Å²) in [7, 11) is 1.86. The second kappa shape index (κ2) is 6.43. The maximum absolute atomic E-state index is 12.0. The fourth-order valence-electron chi connectivity index (χ4n) is 2.35. The summed E-state index contributed by atoms with van der Waals surface area (Å²) in [5, 5.41) is 3.03. The standard InChI is InChI=1S/C15H21NO2/c1-16-13-10-8-12(9-11-13)15(17)18-14-6-4-2-3-5-7-14/h8-11,14,16H,2-7H2,1H3. The van der Waals surface area contributed by atoms with Gasteiger partial charge in [0.25, 0.3) is 0 Å². The molecule has 18 heavy (non-hydrogen) atoms. The number of nitrogens with one attached hydrogen (secondary N) is 1. The summed E-state index contributed by atoms with van der Waals surface area (Å²) in [5.74, 6) is -0.190. The van der Waals surface area contributed by atoms with Gasteiger partial charge in [-0.25, -0.2) is 4.79 Å². The molecule has 0 atom stereocenters. The Labute approximate surface area is 109 Å². The zero-order valence-electron chi connectivity index (χ0n) is 10.9. The summed E-state index contributed by atoms with van der Waals surface area (Å²) in [5.41, 5.74) is 1.64. The molecular formula is C15H21NO2. The Morgan fingerprint density at radius 2 is 1.72 bits per heavy atom. The minimum atomic E-state index is -0.190. The third kappa shape index (κ3) is 3.49. The fourth-order valence-corrected chi connectivity index (χ4v) is 2.35. The molecule has 1 fully saturated rings. The van der Waals surface area contributed by atoms with Crippen LogP contribution in [0.1, 0.15) is 48.9 Å². The van der Waals surface area contributed by atoms with Crippen molar-refractivity contribution in [2.45, 2.75) is 44.6 Å². The van der Waals surface area contributed by atoms with Crippen molar-refractivity contribution >= 4 is 11.7 Å². The Morgan fingerprint density at radius 1 is 1.11 bits per heavy atom. The van der Waals surface area contributed by atoms with E-state index in [2.05, 4.69) is 5.32 Å². The van der Waals surface area contributed by atoms with Crippen molar-refractivity contribution in [3.05, 3.63) is 29.8 Å². The molecule has 3 nitrogen and oxygen atoms in total. The molecule has 1 aliphatic carbocycles. The van der Waals surface area contributed by atoms with E-state index in [1.54, 1.807) is 0 Å². The second-order valence-electron chi connectivity index (χ2n) is 4.85. The number of esters is 1. The Kier molecular flexibility index (Phi) is 4.62. The summed E-state index contributed by atoms with van der Waals surface area (Å²) < 4.78 is 5.57. The second-order valence-corrected chi connectivity index (χ2v) is 4.85. The van der Waals surface area contributed by atoms with Crippen LogP contribution in [0.2, 0.25) is 0 Å². The molecule has 0 aromatic heterocycles. The number of hydrogen-bond acceptors (Lipinski definition) is 3. The Morgan fingerprint density at radius 3 is 2.28 bits per heavy atom. The normalized spacial score (nSPS) is 16.9. The lowest BCUT2D eigenvalue weighted by molar-refractivity contribution is 0.0267. The van der Waals surface area contributed by atoms with Crippen LogP contribution < -0.4 is 5.32 Å². The molecule has 0 bridgehead atoms. The molecule has 3 heteroatoms. The maximum Gasteiger partial charge on any atom is 0.338 e. The largest absolute Gasteiger partial charge is 0.459 e. The molecule has 1 aliphatic rings. The minimum absolute atomic E-state index is 0.115. The van der Waals surface area contributed by atoms with E-state index >= 15 is 0 Å². The van der Waals surface area contributed by atoms with Crippen LogP contribution in [0.5, 0.6) is 0 Å². The molecule has 0 aliphatic heterocycles. The van der Waals surface area contributed by atoms with Crippen LogP contribution in [0.4, 0.5) is 5.69 Å². The molecule has 1 aromatic rings. The van der Waals surface area contributed by atoms with E-state index in [0.29, 0.717) is 5.56 Å². The van der Waals surface area contributed by atoms with Crippen molar-refractivity contribution in [2.75, 3.05) is 12.4 Å². The van der Waals surface area contributed by atoms with Crippen molar-refractivity contribution in [1.82, 2.24) is 0 Å². The first-order valence-corrected chi connectivity index (χ1v) is 6.78. The van der Waals surface area contributed by atoms with Gasteiger partial charge in [0.2, 0.25) is 0 Å². The number of benzene rings is 1. The monoisotopic (exact) mass is 247 g/mol. The van der Waals surface area contributed by atoms with Gasteiger partial charge in [-0.1, -0.05) is 12.8 Å². The third-order valence-corrected chi connectivity index (χ3v) is 3.49. The van der Waals surface area contributed by atoms with E-state index in [1.165, 1.54) is 25.7 Å². The molecule has 0 spiro atoms. The van der Waals surface area contributed by atoms with Crippen molar-refractivity contribution in [1.29, 1.82) is 0 Å². The highest BCUT2D eigenvalue weighted by atomic mass is 16.5. The van der Waals surface area contributed by atoms with Crippen LogP contribution in [0, 0.1) is 0 Å². The highest BCUT2D eigenvalue weighted by Gasteiger charge is 2.17. The van der Waals surface area contributed by atoms with Gasteiger partial charge in [-0.2, -0.15) is 0 Å². The van der Waals surface area contributed by atoms with Gasteiger partial charge in [-0.15, -0.1) is 0 Å². The molecule has 1 aromatic carbocycles. The van der Waals surface area contributed by atoms with Gasteiger partial charge in [-0.05, 0) is 49.9 Å². The highest BCUT2D eigenvalue weighted by Crippen LogP contribution is 2.21. The zero-order chi connectivity index (χ0) is 12.8. The molecule has 2 rings (SSSR count). The van der Waals surface area contributed by atoms with Gasteiger partial charge in [0.1, 0.15) is 6.10 Å². The molecule has 0 radical (unpaired) electrons. The van der Waals surface area contributed by atoms with Gasteiger partial charge in [0.15, 0.2) is 0 Å². The van der Waals surface area contributed by atoms with Gasteiger partial charge in [-0.3, -0.25) is 0 Å². The van der Waals surface area contributed by atoms with Crippen LogP contribution in [-0.2, 0) is 4.74 Å². The average Bonchev–Trinajstić information content (AvgIpc) is 2.67. The number of anilines is 1. The van der Waals surface area contributed by atoms with Crippen LogP contribution in [-0.4, -0.2) is 19.1 Å². The molecule has 0 amide bonds. The fraction of sp³-hybridized carbons (Fsp3) is 0.533. The van der Waals surface area contributed by atoms with Crippen molar-refractivity contribution in [2.24, 2.45) is 0 Å². The SMILES string of the molecule is CNc1ccc(C(=O)OC2CCCCCC2)cc1. The lowest BCUT2D eigenvalue weighted by Crippen LogP contribution is -2.17. The molecule has 1 N–H and O–H groups in total. The Balaban J connectivity index is 1.93. The molecular weight excluding hydrogens is 226 g/mol. The highest BCUT2D eigenvalue weighted by molar-refractivity contribution is 5.89. The van der Waals surface area contributed by atoms with E-state index in [1.807, 2.05) is 31.3 Å². The number of rotatable bonds is 3. The smallest absolute Gasteiger partial charge is 0.338 e. The van der Waals surface area contributed by atoms with E-state index in [4.69, 9.17) is 4.74 Å². The Hall–Kier alpha value is -1.51. The van der Waals surface area contributed by atoms with E-state index in [-0.39, 0.29) is 12.1 Å². The van der Waals surface area contributed by atoms with E-state index in [0.717, 1.165) is 18.5 Å². The summed E-state index contributed by atoms with van der Waals surface area (Å²) in [6, 6.07) is 7.41. The van der Waals surface area contributed by atoms with Gasteiger partial charge < -0.3 is 10.1 Å². The van der Waals surface area contributed by atoms with Crippen LogP contribution in [0.3, 0.4) is 0 Å². The molecule has 0 unspecified atom stereocenters. The number of hydrogen-bond donors (Lipinski definition) is 1. The van der Waals surface area contributed by atoms with Crippen LogP contribution in [0.15, 0.2) is 24.3 Å². The quantitative estimate of drug-likeness (QED) is 0.655. The summed E-state index contributed by atoms with van der Waals surface area (Å²) in [6.45, 7) is 0. The van der Waals surface area contributed by atoms with Crippen LogP contribution >= 0.6 is 0 Å². The summed E-state index contributed by atoms with van der Waals surface area (Å²) in [6.07, 6.45) is 7.04. The molecule has 98 valence electrons. The topological polar surface area (TPSA) is 38.3 Å².